The van der Waals surface area contributed by atoms with Gasteiger partial charge in [0.15, 0.2) is 0 Å². The number of hydrogen-bond donors (Lipinski definition) is 2. The first-order chi connectivity index (χ1) is 9.75. The lowest BCUT2D eigenvalue weighted by atomic mass is 9.95. The van der Waals surface area contributed by atoms with E-state index in [-0.39, 0.29) is 11.8 Å². The summed E-state index contributed by atoms with van der Waals surface area (Å²) >= 11 is 0. The Balaban J connectivity index is 1.68. The summed E-state index contributed by atoms with van der Waals surface area (Å²) in [5.41, 5.74) is 2.26. The van der Waals surface area contributed by atoms with Crippen LogP contribution in [-0.4, -0.2) is 18.5 Å². The molecule has 0 aromatic heterocycles. The third-order valence-electron chi connectivity index (χ3n) is 4.84. The maximum Gasteiger partial charge on any atom is 0.229 e. The first kappa shape index (κ1) is 13.5. The lowest BCUT2D eigenvalue weighted by Gasteiger charge is -2.24. The Hall–Kier alpha value is -1.51. The van der Waals surface area contributed by atoms with Crippen LogP contribution in [0.3, 0.4) is 0 Å². The van der Waals surface area contributed by atoms with Crippen LogP contribution in [-0.2, 0) is 4.79 Å². The molecule has 1 aliphatic heterocycles. The van der Waals surface area contributed by atoms with Crippen LogP contribution >= 0.6 is 0 Å². The molecule has 2 N–H and O–H groups in total. The quantitative estimate of drug-likeness (QED) is 0.811. The maximum absolute atomic E-state index is 12.6. The monoisotopic (exact) mass is 272 g/mol. The number of carbonyl (C=O) groups is 1. The molecule has 2 aliphatic rings. The molecule has 1 heterocycles. The van der Waals surface area contributed by atoms with Crippen molar-refractivity contribution in [1.29, 1.82) is 0 Å². The fraction of sp³-hybridized carbons (Fsp3) is 0.588. The Morgan fingerprint density at radius 1 is 1.20 bits per heavy atom. The van der Waals surface area contributed by atoms with Crippen LogP contribution in [0.1, 0.15) is 50.5 Å². The maximum atomic E-state index is 12.6. The molecular weight excluding hydrogens is 248 g/mol. The number of benzene rings is 1. The number of carbonyl (C=O) groups excluding carboxylic acids is 1. The van der Waals surface area contributed by atoms with E-state index in [9.17, 15) is 4.79 Å². The molecule has 20 heavy (non-hydrogen) atoms. The molecule has 1 fully saturated rings. The number of rotatable bonds is 2. The molecule has 1 aromatic carbocycles. The standard InChI is InChI=1S/C17H24N2O/c1-12-7-3-2-4-9-15(12)19-17(20)14-11-18-16-10-6-5-8-13(14)16/h5-6,8,10,12,14-15,18H,2-4,7,9,11H2,1H3,(H,19,20). The average molecular weight is 272 g/mol. The second kappa shape index (κ2) is 5.86. The van der Waals surface area contributed by atoms with Crippen LogP contribution in [0.4, 0.5) is 5.69 Å². The highest BCUT2D eigenvalue weighted by Gasteiger charge is 2.30. The number of hydrogen-bond acceptors (Lipinski definition) is 2. The second-order valence-electron chi connectivity index (χ2n) is 6.25. The van der Waals surface area contributed by atoms with Gasteiger partial charge >= 0.3 is 0 Å². The van der Waals surface area contributed by atoms with Crippen molar-refractivity contribution in [1.82, 2.24) is 5.32 Å². The largest absolute Gasteiger partial charge is 0.384 e. The predicted molar refractivity (Wildman–Crippen MR) is 81.9 cm³/mol. The van der Waals surface area contributed by atoms with E-state index in [1.54, 1.807) is 0 Å². The average Bonchev–Trinajstić information content (AvgIpc) is 2.79. The number of anilines is 1. The molecule has 0 bridgehead atoms. The van der Waals surface area contributed by atoms with E-state index >= 15 is 0 Å². The Bertz CT molecular complexity index is 486. The molecule has 3 nitrogen and oxygen atoms in total. The summed E-state index contributed by atoms with van der Waals surface area (Å²) in [4.78, 5) is 12.6. The van der Waals surface area contributed by atoms with E-state index in [1.165, 1.54) is 25.7 Å². The van der Waals surface area contributed by atoms with Gasteiger partial charge < -0.3 is 10.6 Å². The smallest absolute Gasteiger partial charge is 0.229 e. The Morgan fingerprint density at radius 3 is 2.90 bits per heavy atom. The lowest BCUT2D eigenvalue weighted by Crippen LogP contribution is -2.41. The van der Waals surface area contributed by atoms with E-state index in [1.807, 2.05) is 12.1 Å². The van der Waals surface area contributed by atoms with Crippen molar-refractivity contribution in [3.8, 4) is 0 Å². The van der Waals surface area contributed by atoms with Gasteiger partial charge in [-0.25, -0.2) is 0 Å². The minimum Gasteiger partial charge on any atom is -0.384 e. The molecule has 3 rings (SSSR count). The molecule has 1 saturated carbocycles. The van der Waals surface area contributed by atoms with Crippen LogP contribution in [0.25, 0.3) is 0 Å². The summed E-state index contributed by atoms with van der Waals surface area (Å²) in [7, 11) is 0. The normalized spacial score (nSPS) is 29.1. The summed E-state index contributed by atoms with van der Waals surface area (Å²) in [6.45, 7) is 3.00. The van der Waals surface area contributed by atoms with Crippen molar-refractivity contribution in [3.05, 3.63) is 29.8 Å². The SMILES string of the molecule is CC1CCCCCC1NC(=O)C1CNc2ccccc21. The molecule has 3 unspecified atom stereocenters. The van der Waals surface area contributed by atoms with Crippen molar-refractivity contribution >= 4 is 11.6 Å². The van der Waals surface area contributed by atoms with Gasteiger partial charge in [0, 0.05) is 18.3 Å². The molecule has 1 aromatic rings. The minimum atomic E-state index is -0.0262. The first-order valence-corrected chi connectivity index (χ1v) is 7.89. The van der Waals surface area contributed by atoms with E-state index in [4.69, 9.17) is 0 Å². The van der Waals surface area contributed by atoms with Gasteiger partial charge in [0.05, 0.1) is 5.92 Å². The second-order valence-corrected chi connectivity index (χ2v) is 6.25. The molecule has 0 saturated heterocycles. The molecule has 0 spiro atoms. The van der Waals surface area contributed by atoms with Crippen molar-refractivity contribution in [2.75, 3.05) is 11.9 Å². The van der Waals surface area contributed by atoms with E-state index in [0.717, 1.165) is 24.2 Å². The molecule has 0 radical (unpaired) electrons. The Morgan fingerprint density at radius 2 is 2.00 bits per heavy atom. The van der Waals surface area contributed by atoms with Crippen LogP contribution in [0.5, 0.6) is 0 Å². The Labute approximate surface area is 121 Å². The number of nitrogens with one attached hydrogen (secondary N) is 2. The van der Waals surface area contributed by atoms with Gasteiger partial charge in [-0.2, -0.15) is 0 Å². The van der Waals surface area contributed by atoms with E-state index in [0.29, 0.717) is 12.0 Å². The molecule has 108 valence electrons. The van der Waals surface area contributed by atoms with Crippen molar-refractivity contribution in [2.45, 2.75) is 51.0 Å². The molecule has 3 heteroatoms. The van der Waals surface area contributed by atoms with Gasteiger partial charge in [-0.15, -0.1) is 0 Å². The van der Waals surface area contributed by atoms with Gasteiger partial charge in [0.1, 0.15) is 0 Å². The van der Waals surface area contributed by atoms with Crippen LogP contribution in [0, 0.1) is 5.92 Å². The highest BCUT2D eigenvalue weighted by molar-refractivity contribution is 5.88. The van der Waals surface area contributed by atoms with Gasteiger partial charge in [-0.1, -0.05) is 44.4 Å². The number of fused-ring (bicyclic) bond motifs is 1. The zero-order valence-corrected chi connectivity index (χ0v) is 12.2. The third-order valence-corrected chi connectivity index (χ3v) is 4.84. The zero-order valence-electron chi connectivity index (χ0n) is 12.2. The summed E-state index contributed by atoms with van der Waals surface area (Å²) < 4.78 is 0. The highest BCUT2D eigenvalue weighted by Crippen LogP contribution is 2.32. The van der Waals surface area contributed by atoms with Gasteiger partial charge in [0.2, 0.25) is 5.91 Å². The van der Waals surface area contributed by atoms with Crippen molar-refractivity contribution in [3.63, 3.8) is 0 Å². The molecule has 3 atom stereocenters. The van der Waals surface area contributed by atoms with Crippen molar-refractivity contribution in [2.24, 2.45) is 5.92 Å². The fourth-order valence-electron chi connectivity index (χ4n) is 3.51. The Kier molecular flexibility index (Phi) is 3.95. The van der Waals surface area contributed by atoms with E-state index in [2.05, 4.69) is 29.7 Å². The van der Waals surface area contributed by atoms with Crippen LogP contribution < -0.4 is 10.6 Å². The summed E-state index contributed by atoms with van der Waals surface area (Å²) in [6, 6.07) is 8.50. The topological polar surface area (TPSA) is 41.1 Å². The molecule has 1 amide bonds. The van der Waals surface area contributed by atoms with E-state index < -0.39 is 0 Å². The fourth-order valence-corrected chi connectivity index (χ4v) is 3.51. The van der Waals surface area contributed by atoms with Gasteiger partial charge in [0.25, 0.3) is 0 Å². The third kappa shape index (κ3) is 2.67. The molecular formula is C17H24N2O. The van der Waals surface area contributed by atoms with Gasteiger partial charge in [-0.3, -0.25) is 4.79 Å². The number of amides is 1. The predicted octanol–water partition coefficient (Wildman–Crippen LogP) is 3.28. The van der Waals surface area contributed by atoms with Crippen LogP contribution in [0.15, 0.2) is 24.3 Å². The summed E-state index contributed by atoms with van der Waals surface area (Å²) in [6.07, 6.45) is 6.24. The number of para-hydroxylation sites is 1. The van der Waals surface area contributed by atoms with Crippen molar-refractivity contribution < 1.29 is 4.79 Å². The van der Waals surface area contributed by atoms with Gasteiger partial charge in [-0.05, 0) is 30.4 Å². The summed E-state index contributed by atoms with van der Waals surface area (Å²) in [5, 5.41) is 6.64. The van der Waals surface area contributed by atoms with Crippen LogP contribution in [0.2, 0.25) is 0 Å². The lowest BCUT2D eigenvalue weighted by molar-refractivity contribution is -0.123. The first-order valence-electron chi connectivity index (χ1n) is 7.89. The summed E-state index contributed by atoms with van der Waals surface area (Å²) in [5.74, 6) is 0.772. The zero-order chi connectivity index (χ0) is 13.9. The highest BCUT2D eigenvalue weighted by atomic mass is 16.2. The minimum absolute atomic E-state index is 0.0262. The molecule has 1 aliphatic carbocycles.